The Balaban J connectivity index is 1.91. The summed E-state index contributed by atoms with van der Waals surface area (Å²) < 4.78 is 7.05. The van der Waals surface area contributed by atoms with Gasteiger partial charge in [0, 0.05) is 12.0 Å². The fourth-order valence-electron chi connectivity index (χ4n) is 1.92. The fraction of sp³-hybridized carbons (Fsp3) is 0.286. The summed E-state index contributed by atoms with van der Waals surface area (Å²) >= 11 is 1.29. The first-order chi connectivity index (χ1) is 10.7. The number of anilines is 1. The van der Waals surface area contributed by atoms with Gasteiger partial charge >= 0.3 is 0 Å². The van der Waals surface area contributed by atoms with Gasteiger partial charge in [0.15, 0.2) is 5.82 Å². The topological polar surface area (TPSA) is 81.4 Å². The Kier molecular flexibility index (Phi) is 4.01. The first kappa shape index (κ1) is 14.5. The molecule has 0 radical (unpaired) electrons. The monoisotopic (exact) mass is 317 g/mol. The van der Waals surface area contributed by atoms with E-state index in [0.29, 0.717) is 28.9 Å². The van der Waals surface area contributed by atoms with Crippen LogP contribution < -0.4 is 10.1 Å². The number of aromatic nitrogens is 4. The molecule has 114 valence electrons. The highest BCUT2D eigenvalue weighted by Gasteiger charge is 2.14. The molecule has 0 aliphatic rings. The summed E-state index contributed by atoms with van der Waals surface area (Å²) in [6, 6.07) is 7.58. The molecule has 22 heavy (non-hydrogen) atoms. The Bertz CT molecular complexity index is 793. The van der Waals surface area contributed by atoms with Gasteiger partial charge in [-0.3, -0.25) is 4.79 Å². The molecule has 0 aliphatic heterocycles. The molecule has 1 amide bonds. The molecule has 7 nitrogen and oxygen atoms in total. The van der Waals surface area contributed by atoms with E-state index in [1.807, 2.05) is 31.2 Å². The highest BCUT2D eigenvalue weighted by atomic mass is 32.1. The summed E-state index contributed by atoms with van der Waals surface area (Å²) in [5.74, 6) is 1.36. The number of benzene rings is 1. The molecule has 1 N–H and O–H groups in total. The molecular formula is C14H15N5O2S. The summed E-state index contributed by atoms with van der Waals surface area (Å²) in [6.45, 7) is 4.36. The molecule has 0 saturated carbocycles. The van der Waals surface area contributed by atoms with E-state index in [-0.39, 0.29) is 5.91 Å². The minimum absolute atomic E-state index is 0.0763. The minimum atomic E-state index is -0.0763. The van der Waals surface area contributed by atoms with E-state index in [4.69, 9.17) is 4.74 Å². The Labute approximate surface area is 130 Å². The average Bonchev–Trinajstić information content (AvgIpc) is 3.08. The predicted octanol–water partition coefficient (Wildman–Crippen LogP) is 2.60. The lowest BCUT2D eigenvalue weighted by molar-refractivity contribution is -0.115. The maximum atomic E-state index is 11.4. The Morgan fingerprint density at radius 1 is 1.27 bits per heavy atom. The molecule has 3 aromatic rings. The normalized spacial score (nSPS) is 10.8. The largest absolute Gasteiger partial charge is 0.494 e. The second-order valence-electron chi connectivity index (χ2n) is 4.48. The number of hydrogen-bond donors (Lipinski definition) is 1. The smallest absolute Gasteiger partial charge is 0.236 e. The van der Waals surface area contributed by atoms with Gasteiger partial charge in [0.1, 0.15) is 5.75 Å². The van der Waals surface area contributed by atoms with Crippen molar-refractivity contribution in [3.8, 4) is 17.1 Å². The van der Waals surface area contributed by atoms with Crippen molar-refractivity contribution in [1.29, 1.82) is 0 Å². The number of fused-ring (bicyclic) bond motifs is 1. The van der Waals surface area contributed by atoms with E-state index < -0.39 is 0 Å². The molecule has 0 aliphatic carbocycles. The molecule has 3 rings (SSSR count). The van der Waals surface area contributed by atoms with Crippen LogP contribution in [0.1, 0.15) is 20.3 Å². The van der Waals surface area contributed by atoms with Crippen molar-refractivity contribution in [1.82, 2.24) is 19.8 Å². The third kappa shape index (κ3) is 2.77. The molecule has 0 fully saturated rings. The number of rotatable bonds is 5. The minimum Gasteiger partial charge on any atom is -0.494 e. The van der Waals surface area contributed by atoms with Crippen molar-refractivity contribution < 1.29 is 9.53 Å². The van der Waals surface area contributed by atoms with Crippen LogP contribution in [-0.4, -0.2) is 32.3 Å². The van der Waals surface area contributed by atoms with Crippen LogP contribution in [0, 0.1) is 0 Å². The Morgan fingerprint density at radius 3 is 2.73 bits per heavy atom. The van der Waals surface area contributed by atoms with Crippen molar-refractivity contribution in [2.24, 2.45) is 0 Å². The van der Waals surface area contributed by atoms with Gasteiger partial charge in [0.25, 0.3) is 0 Å². The van der Waals surface area contributed by atoms with Gasteiger partial charge in [-0.2, -0.15) is 4.52 Å². The summed E-state index contributed by atoms with van der Waals surface area (Å²) in [6.07, 6.45) is 0.409. The molecule has 0 unspecified atom stereocenters. The number of nitrogens with one attached hydrogen (secondary N) is 1. The maximum Gasteiger partial charge on any atom is 0.236 e. The molecule has 0 bridgehead atoms. The van der Waals surface area contributed by atoms with Crippen LogP contribution in [-0.2, 0) is 4.79 Å². The van der Waals surface area contributed by atoms with E-state index in [1.165, 1.54) is 11.3 Å². The second kappa shape index (κ2) is 6.10. The van der Waals surface area contributed by atoms with Crippen LogP contribution in [0.2, 0.25) is 0 Å². The van der Waals surface area contributed by atoms with Gasteiger partial charge < -0.3 is 10.1 Å². The summed E-state index contributed by atoms with van der Waals surface area (Å²) in [5, 5.41) is 15.8. The fourth-order valence-corrected chi connectivity index (χ4v) is 2.68. The van der Waals surface area contributed by atoms with Crippen molar-refractivity contribution in [2.75, 3.05) is 11.9 Å². The highest BCUT2D eigenvalue weighted by Crippen LogP contribution is 2.25. The van der Waals surface area contributed by atoms with Gasteiger partial charge in [-0.1, -0.05) is 18.3 Å². The van der Waals surface area contributed by atoms with E-state index in [2.05, 4.69) is 20.6 Å². The van der Waals surface area contributed by atoms with Gasteiger partial charge in [-0.15, -0.1) is 15.3 Å². The Morgan fingerprint density at radius 2 is 2.05 bits per heavy atom. The van der Waals surface area contributed by atoms with Crippen molar-refractivity contribution in [3.05, 3.63) is 24.3 Å². The van der Waals surface area contributed by atoms with Gasteiger partial charge in [0.05, 0.1) is 6.61 Å². The summed E-state index contributed by atoms with van der Waals surface area (Å²) in [5.41, 5.74) is 0.884. The molecule has 0 atom stereocenters. The zero-order valence-corrected chi connectivity index (χ0v) is 13.1. The summed E-state index contributed by atoms with van der Waals surface area (Å²) in [7, 11) is 0. The standard InChI is InChI=1S/C14H15N5O2S/c1-3-11(20)15-13-18-19-12(16-17-14(19)22-13)9-5-7-10(8-6-9)21-4-2/h5-8H,3-4H2,1-2H3,(H,15,18,20). The van der Waals surface area contributed by atoms with Gasteiger partial charge in [-0.05, 0) is 31.2 Å². The third-order valence-corrected chi connectivity index (χ3v) is 3.80. The number of carbonyl (C=O) groups excluding carboxylic acids is 1. The van der Waals surface area contributed by atoms with E-state index >= 15 is 0 Å². The first-order valence-corrected chi connectivity index (χ1v) is 7.78. The number of nitrogens with zero attached hydrogens (tertiary/aromatic N) is 4. The van der Waals surface area contributed by atoms with Crippen LogP contribution in [0.3, 0.4) is 0 Å². The van der Waals surface area contributed by atoms with Gasteiger partial charge in [0.2, 0.25) is 16.0 Å². The maximum absolute atomic E-state index is 11.4. The van der Waals surface area contributed by atoms with Crippen molar-refractivity contribution >= 4 is 27.3 Å². The average molecular weight is 317 g/mol. The number of amides is 1. The highest BCUT2D eigenvalue weighted by molar-refractivity contribution is 7.20. The molecule has 1 aromatic carbocycles. The Hall–Kier alpha value is -2.48. The molecule has 2 heterocycles. The van der Waals surface area contributed by atoms with E-state index in [9.17, 15) is 4.79 Å². The molecule has 8 heteroatoms. The lowest BCUT2D eigenvalue weighted by atomic mass is 10.2. The van der Waals surface area contributed by atoms with Crippen LogP contribution in [0.15, 0.2) is 24.3 Å². The first-order valence-electron chi connectivity index (χ1n) is 6.96. The number of hydrogen-bond acceptors (Lipinski definition) is 6. The zero-order valence-electron chi connectivity index (χ0n) is 12.2. The van der Waals surface area contributed by atoms with E-state index in [1.54, 1.807) is 11.4 Å². The molecular weight excluding hydrogens is 302 g/mol. The van der Waals surface area contributed by atoms with Crippen LogP contribution in [0.5, 0.6) is 5.75 Å². The second-order valence-corrected chi connectivity index (χ2v) is 5.44. The lowest BCUT2D eigenvalue weighted by Crippen LogP contribution is -2.09. The molecule has 0 spiro atoms. The molecule has 0 saturated heterocycles. The van der Waals surface area contributed by atoms with Crippen LogP contribution in [0.4, 0.5) is 5.13 Å². The number of carbonyl (C=O) groups is 1. The van der Waals surface area contributed by atoms with Crippen LogP contribution in [0.25, 0.3) is 16.3 Å². The predicted molar refractivity (Wildman–Crippen MR) is 84.2 cm³/mol. The third-order valence-electron chi connectivity index (χ3n) is 2.98. The lowest BCUT2D eigenvalue weighted by Gasteiger charge is -2.03. The van der Waals surface area contributed by atoms with Crippen molar-refractivity contribution in [3.63, 3.8) is 0 Å². The van der Waals surface area contributed by atoms with Crippen LogP contribution >= 0.6 is 11.3 Å². The summed E-state index contributed by atoms with van der Waals surface area (Å²) in [4.78, 5) is 12.1. The zero-order chi connectivity index (χ0) is 15.5. The molecule has 2 aromatic heterocycles. The number of ether oxygens (including phenoxy) is 1. The van der Waals surface area contributed by atoms with Gasteiger partial charge in [-0.25, -0.2) is 0 Å². The van der Waals surface area contributed by atoms with E-state index in [0.717, 1.165) is 11.3 Å². The SMILES string of the molecule is CCOc1ccc(-c2nnc3sc(NC(=O)CC)nn23)cc1. The quantitative estimate of drug-likeness (QED) is 0.782. The van der Waals surface area contributed by atoms with Crippen molar-refractivity contribution in [2.45, 2.75) is 20.3 Å².